The summed E-state index contributed by atoms with van der Waals surface area (Å²) in [6.07, 6.45) is 7.74. The third kappa shape index (κ3) is 4.74. The summed E-state index contributed by atoms with van der Waals surface area (Å²) in [7, 11) is 1.37. The van der Waals surface area contributed by atoms with Crippen LogP contribution in [0.25, 0.3) is 0 Å². The van der Waals surface area contributed by atoms with Crippen LogP contribution in [-0.2, 0) is 14.3 Å². The Labute approximate surface area is 137 Å². The standard InChI is InChI=1S/C17H26N2O4/c1-12(2)18-13(10-16(20)22-3)6-4-7-14-8-5-9-15-11-23-17(21)19(14)15/h8,10,12,15,18H,4-7,9,11H2,1-3H3/b13-10+/t15-/m1/s1. The summed E-state index contributed by atoms with van der Waals surface area (Å²) in [5.74, 6) is -0.354. The number of fused-ring (bicyclic) bond motifs is 1. The minimum Gasteiger partial charge on any atom is -0.466 e. The Kier molecular flexibility index (Phi) is 6.07. The Balaban J connectivity index is 1.91. The van der Waals surface area contributed by atoms with E-state index in [2.05, 4.69) is 11.4 Å². The molecule has 1 saturated heterocycles. The van der Waals surface area contributed by atoms with Crippen LogP contribution in [0.15, 0.2) is 23.5 Å². The highest BCUT2D eigenvalue weighted by Gasteiger charge is 2.36. The van der Waals surface area contributed by atoms with E-state index in [0.717, 1.165) is 43.5 Å². The van der Waals surface area contributed by atoms with Crippen molar-refractivity contribution >= 4 is 12.1 Å². The number of cyclic esters (lactones) is 1. The van der Waals surface area contributed by atoms with Crippen molar-refractivity contribution < 1.29 is 19.1 Å². The average molecular weight is 322 g/mol. The largest absolute Gasteiger partial charge is 0.466 e. The highest BCUT2D eigenvalue weighted by Crippen LogP contribution is 2.30. The summed E-state index contributed by atoms with van der Waals surface area (Å²) in [5.41, 5.74) is 1.91. The molecule has 128 valence electrons. The summed E-state index contributed by atoms with van der Waals surface area (Å²) in [6, 6.07) is 0.444. The first kappa shape index (κ1) is 17.4. The van der Waals surface area contributed by atoms with Crippen LogP contribution >= 0.6 is 0 Å². The normalized spacial score (nSPS) is 21.0. The molecule has 0 aromatic heterocycles. The molecule has 0 saturated carbocycles. The predicted octanol–water partition coefficient (Wildman–Crippen LogP) is 2.71. The number of allylic oxidation sites excluding steroid dienone is 3. The second-order valence-corrected chi connectivity index (χ2v) is 6.22. The van der Waals surface area contributed by atoms with E-state index in [1.807, 2.05) is 13.8 Å². The van der Waals surface area contributed by atoms with Crippen molar-refractivity contribution in [3.63, 3.8) is 0 Å². The van der Waals surface area contributed by atoms with Crippen molar-refractivity contribution in [1.82, 2.24) is 10.2 Å². The van der Waals surface area contributed by atoms with Gasteiger partial charge in [-0.15, -0.1) is 0 Å². The number of esters is 1. The number of rotatable bonds is 7. The smallest absolute Gasteiger partial charge is 0.414 e. The molecule has 6 heteroatoms. The van der Waals surface area contributed by atoms with Crippen LogP contribution in [0.4, 0.5) is 4.79 Å². The van der Waals surface area contributed by atoms with Gasteiger partial charge in [0.2, 0.25) is 0 Å². The Morgan fingerprint density at radius 1 is 1.57 bits per heavy atom. The van der Waals surface area contributed by atoms with Gasteiger partial charge in [-0.05, 0) is 46.0 Å². The van der Waals surface area contributed by atoms with Gasteiger partial charge in [0, 0.05) is 23.5 Å². The Bertz CT molecular complexity index is 511. The summed E-state index contributed by atoms with van der Waals surface area (Å²) >= 11 is 0. The van der Waals surface area contributed by atoms with E-state index in [1.165, 1.54) is 13.2 Å². The number of ether oxygens (including phenoxy) is 2. The van der Waals surface area contributed by atoms with E-state index in [4.69, 9.17) is 9.47 Å². The van der Waals surface area contributed by atoms with E-state index in [0.29, 0.717) is 6.61 Å². The first-order chi connectivity index (χ1) is 11.0. The maximum absolute atomic E-state index is 11.8. The van der Waals surface area contributed by atoms with Crippen LogP contribution in [0, 0.1) is 0 Å². The fourth-order valence-corrected chi connectivity index (χ4v) is 3.01. The number of hydrogen-bond acceptors (Lipinski definition) is 5. The number of carbonyl (C=O) groups excluding carboxylic acids is 2. The zero-order valence-corrected chi connectivity index (χ0v) is 14.1. The lowest BCUT2D eigenvalue weighted by Crippen LogP contribution is -2.35. The molecule has 1 N–H and O–H groups in total. The molecule has 0 radical (unpaired) electrons. The SMILES string of the molecule is COC(=O)/C=C(\CCCC1=CCC[C@@H]2COC(=O)N12)NC(C)C. The lowest BCUT2D eigenvalue weighted by Gasteiger charge is -2.28. The Hall–Kier alpha value is -1.98. The van der Waals surface area contributed by atoms with Gasteiger partial charge >= 0.3 is 12.1 Å². The van der Waals surface area contributed by atoms with Gasteiger partial charge in [-0.2, -0.15) is 0 Å². The maximum atomic E-state index is 11.8. The number of nitrogens with zero attached hydrogens (tertiary/aromatic N) is 1. The minimum absolute atomic E-state index is 0.196. The molecule has 6 nitrogen and oxygen atoms in total. The van der Waals surface area contributed by atoms with Crippen LogP contribution in [-0.4, -0.2) is 42.8 Å². The average Bonchev–Trinajstić information content (AvgIpc) is 2.89. The second-order valence-electron chi connectivity index (χ2n) is 6.22. The van der Waals surface area contributed by atoms with Crippen LogP contribution in [0.2, 0.25) is 0 Å². The van der Waals surface area contributed by atoms with Crippen molar-refractivity contribution in [2.75, 3.05) is 13.7 Å². The van der Waals surface area contributed by atoms with Crippen LogP contribution < -0.4 is 5.32 Å². The van der Waals surface area contributed by atoms with Gasteiger partial charge in [-0.1, -0.05) is 6.08 Å². The van der Waals surface area contributed by atoms with Gasteiger partial charge < -0.3 is 14.8 Å². The first-order valence-electron chi connectivity index (χ1n) is 8.21. The van der Waals surface area contributed by atoms with E-state index in [1.54, 1.807) is 4.90 Å². The maximum Gasteiger partial charge on any atom is 0.414 e. The molecule has 1 fully saturated rings. The van der Waals surface area contributed by atoms with E-state index in [9.17, 15) is 9.59 Å². The zero-order valence-electron chi connectivity index (χ0n) is 14.1. The quantitative estimate of drug-likeness (QED) is 0.576. The fraction of sp³-hybridized carbons (Fsp3) is 0.647. The number of amides is 1. The van der Waals surface area contributed by atoms with Gasteiger partial charge in [0.15, 0.2) is 0 Å². The molecule has 2 rings (SSSR count). The molecule has 2 heterocycles. The topological polar surface area (TPSA) is 67.9 Å². The third-order valence-corrected chi connectivity index (χ3v) is 4.00. The molecule has 0 bridgehead atoms. The zero-order chi connectivity index (χ0) is 16.8. The molecule has 1 amide bonds. The fourth-order valence-electron chi connectivity index (χ4n) is 3.01. The highest BCUT2D eigenvalue weighted by atomic mass is 16.6. The Morgan fingerprint density at radius 2 is 2.35 bits per heavy atom. The third-order valence-electron chi connectivity index (χ3n) is 4.00. The van der Waals surface area contributed by atoms with Crippen molar-refractivity contribution in [2.45, 2.75) is 58.0 Å². The number of hydrogen-bond donors (Lipinski definition) is 1. The molecule has 0 aromatic rings. The minimum atomic E-state index is -0.354. The Morgan fingerprint density at radius 3 is 3.04 bits per heavy atom. The van der Waals surface area contributed by atoms with Crippen LogP contribution in [0.1, 0.15) is 46.0 Å². The molecular formula is C17H26N2O4. The molecule has 0 unspecified atom stereocenters. The molecule has 2 aliphatic rings. The summed E-state index contributed by atoms with van der Waals surface area (Å²) in [6.45, 7) is 4.55. The molecular weight excluding hydrogens is 296 g/mol. The second kappa shape index (κ2) is 8.04. The lowest BCUT2D eigenvalue weighted by atomic mass is 10.0. The predicted molar refractivity (Wildman–Crippen MR) is 86.5 cm³/mol. The van der Waals surface area contributed by atoms with Gasteiger partial charge in [0.1, 0.15) is 6.61 Å². The van der Waals surface area contributed by atoms with Crippen molar-refractivity contribution in [3.05, 3.63) is 23.5 Å². The van der Waals surface area contributed by atoms with E-state index in [-0.39, 0.29) is 24.1 Å². The first-order valence-corrected chi connectivity index (χ1v) is 8.21. The monoisotopic (exact) mass is 322 g/mol. The molecule has 23 heavy (non-hydrogen) atoms. The van der Waals surface area contributed by atoms with Gasteiger partial charge in [0.05, 0.1) is 13.2 Å². The summed E-state index contributed by atoms with van der Waals surface area (Å²) in [4.78, 5) is 25.1. The molecule has 1 atom stereocenters. The lowest BCUT2D eigenvalue weighted by molar-refractivity contribution is -0.134. The van der Waals surface area contributed by atoms with Crippen molar-refractivity contribution in [3.8, 4) is 0 Å². The highest BCUT2D eigenvalue weighted by molar-refractivity contribution is 5.82. The molecule has 2 aliphatic heterocycles. The molecule has 0 spiro atoms. The molecule has 0 aliphatic carbocycles. The van der Waals surface area contributed by atoms with E-state index < -0.39 is 0 Å². The summed E-state index contributed by atoms with van der Waals surface area (Å²) in [5, 5.41) is 3.27. The summed E-state index contributed by atoms with van der Waals surface area (Å²) < 4.78 is 9.83. The number of methoxy groups -OCH3 is 1. The van der Waals surface area contributed by atoms with Gasteiger partial charge in [-0.3, -0.25) is 4.90 Å². The number of nitrogens with one attached hydrogen (secondary N) is 1. The van der Waals surface area contributed by atoms with Gasteiger partial charge in [-0.25, -0.2) is 9.59 Å². The van der Waals surface area contributed by atoms with Crippen molar-refractivity contribution in [1.29, 1.82) is 0 Å². The number of carbonyl (C=O) groups is 2. The van der Waals surface area contributed by atoms with Crippen LogP contribution in [0.3, 0.4) is 0 Å². The van der Waals surface area contributed by atoms with Crippen LogP contribution in [0.5, 0.6) is 0 Å². The van der Waals surface area contributed by atoms with Crippen molar-refractivity contribution in [2.24, 2.45) is 0 Å². The van der Waals surface area contributed by atoms with E-state index >= 15 is 0 Å². The van der Waals surface area contributed by atoms with Gasteiger partial charge in [0.25, 0.3) is 0 Å². The molecule has 0 aromatic carbocycles.